The van der Waals surface area contributed by atoms with Gasteiger partial charge in [-0.3, -0.25) is 4.79 Å². The Balaban J connectivity index is -0.000000357. The molecule has 21 heteroatoms. The van der Waals surface area contributed by atoms with E-state index >= 15 is 0 Å². The molecule has 1 rings (SSSR count). The van der Waals surface area contributed by atoms with Gasteiger partial charge < -0.3 is 71.7 Å². The summed E-state index contributed by atoms with van der Waals surface area (Å²) in [5, 5.41) is 0. The third kappa shape index (κ3) is 29.9. The highest BCUT2D eigenvalue weighted by molar-refractivity contribution is 6.61. The molecule has 1 saturated heterocycles. The highest BCUT2D eigenvalue weighted by Crippen LogP contribution is 2.20. The summed E-state index contributed by atoms with van der Waals surface area (Å²) in [6.07, 6.45) is 2.63. The SMILES string of the molecule is C.CC.CCO[Si](CCCOCC1CO1)(OCC)OCC.CCO[Si](CCCO[Si](OC)(OC)OC)(OCC)OCC.CO[Si](CCCOC(C)=O)(OC)OC. The van der Waals surface area contributed by atoms with Gasteiger partial charge in [-0.15, -0.1) is 0 Å². The monoisotopic (exact) mass is 888 g/mol. The zero-order valence-corrected chi connectivity index (χ0v) is 41.0. The van der Waals surface area contributed by atoms with Gasteiger partial charge in [-0.05, 0) is 60.8 Å². The Morgan fingerprint density at radius 2 is 0.875 bits per heavy atom. The molecule has 0 aromatic heterocycles. The molecule has 0 N–H and O–H groups in total. The van der Waals surface area contributed by atoms with Crippen molar-refractivity contribution >= 4 is 41.4 Å². The zero-order chi connectivity index (χ0) is 42.5. The highest BCUT2D eigenvalue weighted by atomic mass is 28.4. The molecule has 1 aliphatic heterocycles. The summed E-state index contributed by atoms with van der Waals surface area (Å²) in [6, 6.07) is 2.14. The van der Waals surface area contributed by atoms with Crippen LogP contribution in [-0.2, 0) is 76.5 Å². The predicted octanol–water partition coefficient (Wildman–Crippen LogP) is 6.14. The van der Waals surface area contributed by atoms with Crippen LogP contribution in [-0.4, -0.2) is 163 Å². The van der Waals surface area contributed by atoms with E-state index in [0.717, 1.165) is 25.5 Å². The lowest BCUT2D eigenvalue weighted by molar-refractivity contribution is -0.141. The van der Waals surface area contributed by atoms with Crippen molar-refractivity contribution in [3.8, 4) is 0 Å². The molecule has 0 saturated carbocycles. The van der Waals surface area contributed by atoms with Crippen LogP contribution < -0.4 is 0 Å². The van der Waals surface area contributed by atoms with Crippen LogP contribution in [0.1, 0.15) is 89.0 Å². The second-order valence-corrected chi connectivity index (χ2v) is 22.0. The summed E-state index contributed by atoms with van der Waals surface area (Å²) in [5.74, 6) is -0.274. The Hall–Kier alpha value is -0.262. The van der Waals surface area contributed by atoms with E-state index in [1.165, 1.54) is 28.3 Å². The molecule has 1 unspecified atom stereocenters. The molecule has 1 aliphatic rings. The van der Waals surface area contributed by atoms with E-state index in [0.29, 0.717) is 90.7 Å². The molecule has 1 atom stereocenters. The topological polar surface area (TPSA) is 168 Å². The number of hydrogen-bond acceptors (Lipinski definition) is 17. The van der Waals surface area contributed by atoms with Gasteiger partial charge in [-0.1, -0.05) is 21.3 Å². The van der Waals surface area contributed by atoms with Crippen molar-refractivity contribution in [3.63, 3.8) is 0 Å². The Bertz CT molecular complexity index is 791. The standard InChI is InChI=1S/C12H30O7Si2.C12H26O5Si.C8H18O5Si.C2H6.CH4/c1-7-16-20(17-8-2,18-9-3)12-10-11-19-21(13-4,14-5)15-6;1-4-15-18(16-5-2,17-6-3)9-7-8-13-10-12-11-14-12;1-8(9)13-6-5-7-14(10-2,11-3)12-4;1-2;/h7-12H2,1-6H3;12H,4-11H2,1-3H3;5-7H2,1-4H3;1-2H3;1H4. The van der Waals surface area contributed by atoms with Gasteiger partial charge >= 0.3 is 41.4 Å². The quantitative estimate of drug-likeness (QED) is 0.0319. The second-order valence-electron chi connectivity index (χ2n) is 10.9. The number of carbonyl (C=O) groups excluding carboxylic acids is 1. The molecular weight excluding hydrogens is 805 g/mol. The van der Waals surface area contributed by atoms with E-state index in [2.05, 4.69) is 0 Å². The van der Waals surface area contributed by atoms with Crippen LogP contribution in [0.3, 0.4) is 0 Å². The molecular formula is C35H84O17Si4. The minimum atomic E-state index is -2.98. The van der Waals surface area contributed by atoms with E-state index in [1.54, 1.807) is 21.3 Å². The van der Waals surface area contributed by atoms with Gasteiger partial charge in [-0.2, -0.15) is 0 Å². The van der Waals surface area contributed by atoms with Crippen LogP contribution >= 0.6 is 0 Å². The van der Waals surface area contributed by atoms with E-state index in [9.17, 15) is 4.79 Å². The van der Waals surface area contributed by atoms with Gasteiger partial charge in [0.1, 0.15) is 6.10 Å². The van der Waals surface area contributed by atoms with Crippen molar-refractivity contribution in [3.05, 3.63) is 0 Å². The Morgan fingerprint density at radius 1 is 0.536 bits per heavy atom. The van der Waals surface area contributed by atoms with Crippen LogP contribution in [0, 0.1) is 0 Å². The van der Waals surface area contributed by atoms with Gasteiger partial charge in [-0.25, -0.2) is 0 Å². The number of esters is 1. The maximum atomic E-state index is 10.5. The molecule has 0 aliphatic carbocycles. The van der Waals surface area contributed by atoms with Gasteiger partial charge in [0.2, 0.25) is 0 Å². The Morgan fingerprint density at radius 3 is 1.18 bits per heavy atom. The van der Waals surface area contributed by atoms with Crippen LogP contribution in [0.5, 0.6) is 0 Å². The lowest BCUT2D eigenvalue weighted by Gasteiger charge is -2.29. The number of ether oxygens (including phenoxy) is 3. The normalized spacial score (nSPS) is 13.9. The molecule has 0 bridgehead atoms. The molecule has 0 radical (unpaired) electrons. The fourth-order valence-electron chi connectivity index (χ4n) is 4.75. The van der Waals surface area contributed by atoms with E-state index in [1.807, 2.05) is 55.4 Å². The summed E-state index contributed by atoms with van der Waals surface area (Å²) >= 11 is 0. The molecule has 56 heavy (non-hydrogen) atoms. The molecule has 0 aromatic carbocycles. The van der Waals surface area contributed by atoms with E-state index in [-0.39, 0.29) is 13.4 Å². The molecule has 17 nitrogen and oxygen atoms in total. The molecule has 0 aromatic rings. The smallest absolute Gasteiger partial charge is 0.466 e. The van der Waals surface area contributed by atoms with Gasteiger partial charge in [0.25, 0.3) is 0 Å². The first-order valence-corrected chi connectivity index (χ1v) is 27.0. The minimum absolute atomic E-state index is 0. The van der Waals surface area contributed by atoms with Crippen molar-refractivity contribution in [2.24, 2.45) is 0 Å². The maximum absolute atomic E-state index is 10.5. The fraction of sp³-hybridized carbons (Fsp3) is 0.971. The van der Waals surface area contributed by atoms with Crippen LogP contribution in [0.15, 0.2) is 0 Å². The van der Waals surface area contributed by atoms with Crippen molar-refractivity contribution in [2.45, 2.75) is 113 Å². The third-order valence-electron chi connectivity index (χ3n) is 7.19. The lowest BCUT2D eigenvalue weighted by atomic mass is 10.5. The summed E-state index contributed by atoms with van der Waals surface area (Å²) in [7, 11) is -1.31. The lowest BCUT2D eigenvalue weighted by Crippen LogP contribution is -2.48. The van der Waals surface area contributed by atoms with Crippen molar-refractivity contribution in [1.82, 2.24) is 0 Å². The number of epoxide rings is 1. The maximum Gasteiger partial charge on any atom is 0.678 e. The van der Waals surface area contributed by atoms with Crippen LogP contribution in [0.25, 0.3) is 0 Å². The molecule has 342 valence electrons. The molecule has 0 spiro atoms. The van der Waals surface area contributed by atoms with E-state index in [4.69, 9.17) is 71.7 Å². The van der Waals surface area contributed by atoms with Crippen molar-refractivity contribution in [2.75, 3.05) is 115 Å². The summed E-state index contributed by atoms with van der Waals surface area (Å²) in [5.41, 5.74) is 0. The number of hydrogen-bond donors (Lipinski definition) is 0. The summed E-state index contributed by atoms with van der Waals surface area (Å²) in [4.78, 5) is 10.5. The van der Waals surface area contributed by atoms with Crippen molar-refractivity contribution < 1.29 is 76.5 Å². The second kappa shape index (κ2) is 40.2. The first kappa shape index (κ1) is 62.4. The Labute approximate surface area is 345 Å². The third-order valence-corrected chi connectivity index (χ3v) is 18.4. The largest absolute Gasteiger partial charge is 0.678 e. The minimum Gasteiger partial charge on any atom is -0.466 e. The molecule has 1 heterocycles. The molecule has 1 fully saturated rings. The summed E-state index contributed by atoms with van der Waals surface area (Å²) < 4.78 is 86.8. The number of carbonyl (C=O) groups is 1. The predicted molar refractivity (Wildman–Crippen MR) is 224 cm³/mol. The summed E-state index contributed by atoms with van der Waals surface area (Å²) in [6.45, 7) is 23.8. The highest BCUT2D eigenvalue weighted by Gasteiger charge is 2.44. The fourth-order valence-corrected chi connectivity index (χ4v) is 12.8. The van der Waals surface area contributed by atoms with Crippen molar-refractivity contribution in [1.29, 1.82) is 0 Å². The van der Waals surface area contributed by atoms with Crippen LogP contribution in [0.2, 0.25) is 18.1 Å². The van der Waals surface area contributed by atoms with Crippen LogP contribution in [0.4, 0.5) is 0 Å². The zero-order valence-electron chi connectivity index (χ0n) is 37.0. The average molecular weight is 889 g/mol. The first-order chi connectivity index (χ1) is 26.4. The Kier molecular flexibility index (Phi) is 44.7. The van der Waals surface area contributed by atoms with Gasteiger partial charge in [0.05, 0.1) is 19.8 Å². The number of rotatable bonds is 33. The van der Waals surface area contributed by atoms with E-state index < -0.39 is 35.5 Å². The molecule has 0 amide bonds. The van der Waals surface area contributed by atoms with Gasteiger partial charge in [0, 0.05) is 121 Å². The average Bonchev–Trinajstić information content (AvgIpc) is 4.02. The first-order valence-electron chi connectivity index (χ1n) is 19.5. The van der Waals surface area contributed by atoms with Gasteiger partial charge in [0.15, 0.2) is 0 Å².